The van der Waals surface area contributed by atoms with Crippen LogP contribution >= 0.6 is 0 Å². The summed E-state index contributed by atoms with van der Waals surface area (Å²) in [6.07, 6.45) is 2.86. The smallest absolute Gasteiger partial charge is 0.343 e. The highest BCUT2D eigenvalue weighted by Gasteiger charge is 2.35. The Morgan fingerprint density at radius 1 is 1.30 bits per heavy atom. The Balaban J connectivity index is 1.96. The monoisotopic (exact) mass is 364 g/mol. The van der Waals surface area contributed by atoms with Gasteiger partial charge in [-0.3, -0.25) is 14.6 Å². The maximum Gasteiger partial charge on any atom is 0.343 e. The lowest BCUT2D eigenvalue weighted by Gasteiger charge is -2.25. The summed E-state index contributed by atoms with van der Waals surface area (Å²) in [5.41, 5.74) is 1.41. The summed E-state index contributed by atoms with van der Waals surface area (Å²) in [5, 5.41) is 0.839. The first-order valence-electron chi connectivity index (χ1n) is 8.57. The first kappa shape index (κ1) is 17.0. The molecule has 0 spiro atoms. The topological polar surface area (TPSA) is 98.4 Å². The number of para-hydroxylation sites is 1. The predicted molar refractivity (Wildman–Crippen MR) is 96.9 cm³/mol. The van der Waals surface area contributed by atoms with Gasteiger partial charge >= 0.3 is 11.9 Å². The SMILES string of the molecule is CCOC(=O)c1c[nH]c(=O)c2c1OC(=O)CC2c1ccnc2ccccc12. The minimum absolute atomic E-state index is 0.00360. The highest BCUT2D eigenvalue weighted by atomic mass is 16.5. The Hall–Kier alpha value is -3.48. The number of nitrogens with zero attached hydrogens (tertiary/aromatic N) is 1. The van der Waals surface area contributed by atoms with E-state index in [1.165, 1.54) is 6.20 Å². The predicted octanol–water partition coefficient (Wildman–Crippen LogP) is 2.54. The molecule has 1 N–H and O–H groups in total. The summed E-state index contributed by atoms with van der Waals surface area (Å²) in [7, 11) is 0. The van der Waals surface area contributed by atoms with Crippen LogP contribution in [0.2, 0.25) is 0 Å². The van der Waals surface area contributed by atoms with Crippen molar-refractivity contribution in [3.63, 3.8) is 0 Å². The van der Waals surface area contributed by atoms with E-state index >= 15 is 0 Å². The van der Waals surface area contributed by atoms with Crippen LogP contribution in [0, 0.1) is 0 Å². The number of carbonyl (C=O) groups is 2. The minimum atomic E-state index is -0.655. The van der Waals surface area contributed by atoms with E-state index in [1.807, 2.05) is 24.3 Å². The van der Waals surface area contributed by atoms with Gasteiger partial charge in [-0.05, 0) is 24.6 Å². The number of aromatic amines is 1. The zero-order valence-corrected chi connectivity index (χ0v) is 14.5. The van der Waals surface area contributed by atoms with E-state index in [-0.39, 0.29) is 29.9 Å². The lowest BCUT2D eigenvalue weighted by Crippen LogP contribution is -2.30. The van der Waals surface area contributed by atoms with E-state index in [2.05, 4.69) is 9.97 Å². The van der Waals surface area contributed by atoms with Crippen LogP contribution in [0.5, 0.6) is 5.75 Å². The molecule has 0 aliphatic carbocycles. The molecule has 4 rings (SSSR count). The van der Waals surface area contributed by atoms with E-state index in [0.717, 1.165) is 16.5 Å². The highest BCUT2D eigenvalue weighted by molar-refractivity contribution is 5.95. The summed E-state index contributed by atoms with van der Waals surface area (Å²) < 4.78 is 10.3. The number of carbonyl (C=O) groups excluding carboxylic acids is 2. The summed E-state index contributed by atoms with van der Waals surface area (Å²) >= 11 is 0. The molecule has 3 aromatic rings. The van der Waals surface area contributed by atoms with Gasteiger partial charge in [-0.2, -0.15) is 0 Å². The van der Waals surface area contributed by atoms with E-state index in [9.17, 15) is 14.4 Å². The van der Waals surface area contributed by atoms with Crippen molar-refractivity contribution in [2.45, 2.75) is 19.3 Å². The number of hydrogen-bond acceptors (Lipinski definition) is 6. The molecule has 27 heavy (non-hydrogen) atoms. The van der Waals surface area contributed by atoms with Crippen LogP contribution in [-0.2, 0) is 9.53 Å². The molecular formula is C20H16N2O5. The molecule has 7 heteroatoms. The molecule has 1 unspecified atom stereocenters. The second kappa shape index (κ2) is 6.68. The van der Waals surface area contributed by atoms with Gasteiger partial charge < -0.3 is 14.5 Å². The van der Waals surface area contributed by atoms with Gasteiger partial charge in [0.05, 0.1) is 24.1 Å². The van der Waals surface area contributed by atoms with Crippen LogP contribution in [0.3, 0.4) is 0 Å². The number of pyridine rings is 2. The summed E-state index contributed by atoms with van der Waals surface area (Å²) in [4.78, 5) is 44.0. The van der Waals surface area contributed by atoms with Gasteiger partial charge in [-0.25, -0.2) is 4.79 Å². The summed E-state index contributed by atoms with van der Waals surface area (Å²) in [5.74, 6) is -1.74. The van der Waals surface area contributed by atoms with Gasteiger partial charge in [0, 0.05) is 23.7 Å². The van der Waals surface area contributed by atoms with Gasteiger partial charge in [-0.1, -0.05) is 18.2 Å². The standard InChI is InChI=1S/C20H16N2O5/c1-2-26-20(25)14-10-22-19(24)17-13(9-16(23)27-18(14)17)11-7-8-21-15-6-4-3-5-12(11)15/h3-8,10,13H,2,9H2,1H3,(H,22,24). The Labute approximate surface area is 154 Å². The number of ether oxygens (including phenoxy) is 2. The van der Waals surface area contributed by atoms with Crippen LogP contribution in [0.25, 0.3) is 10.9 Å². The molecule has 1 aliphatic rings. The van der Waals surface area contributed by atoms with Crippen molar-refractivity contribution < 1.29 is 19.1 Å². The normalized spacial score (nSPS) is 15.9. The van der Waals surface area contributed by atoms with Crippen molar-refractivity contribution in [2.24, 2.45) is 0 Å². The summed E-state index contributed by atoms with van der Waals surface area (Å²) in [6.45, 7) is 1.84. The lowest BCUT2D eigenvalue weighted by atomic mass is 9.85. The van der Waals surface area contributed by atoms with E-state index < -0.39 is 23.4 Å². The van der Waals surface area contributed by atoms with Gasteiger partial charge in [-0.15, -0.1) is 0 Å². The van der Waals surface area contributed by atoms with Crippen LogP contribution < -0.4 is 10.3 Å². The number of hydrogen-bond donors (Lipinski definition) is 1. The zero-order valence-electron chi connectivity index (χ0n) is 14.5. The molecule has 0 bridgehead atoms. The quantitative estimate of drug-likeness (QED) is 0.717. The third-order valence-corrected chi connectivity index (χ3v) is 4.57. The third-order valence-electron chi connectivity index (χ3n) is 4.57. The fourth-order valence-corrected chi connectivity index (χ4v) is 3.43. The molecule has 1 aliphatic heterocycles. The van der Waals surface area contributed by atoms with E-state index in [4.69, 9.17) is 9.47 Å². The fourth-order valence-electron chi connectivity index (χ4n) is 3.43. The fraction of sp³-hybridized carbons (Fsp3) is 0.200. The average Bonchev–Trinajstić information content (AvgIpc) is 2.67. The number of esters is 2. The first-order chi connectivity index (χ1) is 13.1. The number of benzene rings is 1. The van der Waals surface area contributed by atoms with Crippen LogP contribution in [0.15, 0.2) is 47.5 Å². The maximum atomic E-state index is 12.6. The van der Waals surface area contributed by atoms with Gasteiger partial charge in [0.1, 0.15) is 5.56 Å². The lowest BCUT2D eigenvalue weighted by molar-refractivity contribution is -0.135. The number of aromatic nitrogens is 2. The van der Waals surface area contributed by atoms with E-state index in [0.29, 0.717) is 0 Å². The Kier molecular flexibility index (Phi) is 4.19. The molecular weight excluding hydrogens is 348 g/mol. The minimum Gasteiger partial charge on any atom is -0.462 e. The van der Waals surface area contributed by atoms with E-state index in [1.54, 1.807) is 19.2 Å². The highest BCUT2D eigenvalue weighted by Crippen LogP contribution is 2.40. The average molecular weight is 364 g/mol. The second-order valence-corrected chi connectivity index (χ2v) is 6.14. The van der Waals surface area contributed by atoms with Crippen molar-refractivity contribution in [2.75, 3.05) is 6.61 Å². The third kappa shape index (κ3) is 2.87. The Bertz CT molecular complexity index is 1110. The van der Waals surface area contributed by atoms with Crippen molar-refractivity contribution in [3.05, 3.63) is 69.8 Å². The number of fused-ring (bicyclic) bond motifs is 2. The molecule has 0 saturated carbocycles. The van der Waals surface area contributed by atoms with Gasteiger partial charge in [0.15, 0.2) is 5.75 Å². The Morgan fingerprint density at radius 3 is 2.93 bits per heavy atom. The van der Waals surface area contributed by atoms with Crippen molar-refractivity contribution in [1.29, 1.82) is 0 Å². The van der Waals surface area contributed by atoms with Crippen molar-refractivity contribution in [3.8, 4) is 5.75 Å². The molecule has 0 amide bonds. The number of H-pyrrole nitrogens is 1. The van der Waals surface area contributed by atoms with Crippen molar-refractivity contribution >= 4 is 22.8 Å². The molecule has 7 nitrogen and oxygen atoms in total. The summed E-state index contributed by atoms with van der Waals surface area (Å²) in [6, 6.07) is 9.27. The van der Waals surface area contributed by atoms with Gasteiger partial charge in [0.25, 0.3) is 5.56 Å². The molecule has 1 aromatic carbocycles. The Morgan fingerprint density at radius 2 is 2.11 bits per heavy atom. The first-order valence-corrected chi connectivity index (χ1v) is 8.57. The molecule has 1 atom stereocenters. The molecule has 0 saturated heterocycles. The molecule has 0 fully saturated rings. The zero-order chi connectivity index (χ0) is 19.0. The molecule has 3 heterocycles. The largest absolute Gasteiger partial charge is 0.462 e. The second-order valence-electron chi connectivity index (χ2n) is 6.14. The van der Waals surface area contributed by atoms with Crippen LogP contribution in [-0.4, -0.2) is 28.5 Å². The number of nitrogens with one attached hydrogen (secondary N) is 1. The molecule has 2 aromatic heterocycles. The van der Waals surface area contributed by atoms with Crippen LogP contribution in [0.4, 0.5) is 0 Å². The van der Waals surface area contributed by atoms with Gasteiger partial charge in [0.2, 0.25) is 0 Å². The molecule has 136 valence electrons. The van der Waals surface area contributed by atoms with Crippen molar-refractivity contribution in [1.82, 2.24) is 9.97 Å². The maximum absolute atomic E-state index is 12.6. The molecule has 0 radical (unpaired) electrons. The number of rotatable bonds is 3. The van der Waals surface area contributed by atoms with Crippen LogP contribution in [0.1, 0.15) is 40.7 Å².